The number of aromatic hydroxyl groups is 1. The van der Waals surface area contributed by atoms with Crippen molar-refractivity contribution in [3.8, 4) is 67.5 Å². The minimum Gasteiger partial charge on any atom is -0.507 e. The van der Waals surface area contributed by atoms with Crippen molar-refractivity contribution >= 4 is 11.0 Å². The molecule has 0 aliphatic rings. The van der Waals surface area contributed by atoms with Gasteiger partial charge in [0, 0.05) is 38.5 Å². The Kier molecular flexibility index (Phi) is 11.4. The zero-order valence-electron chi connectivity index (χ0n) is 36.4. The van der Waals surface area contributed by atoms with Gasteiger partial charge in [0.25, 0.3) is 0 Å². The maximum Gasteiger partial charge on any atom is 0.148 e. The average molecular weight is 968 g/mol. The molecule has 6 aromatic carbocycles. The van der Waals surface area contributed by atoms with Crippen molar-refractivity contribution in [2.75, 3.05) is 0 Å². The summed E-state index contributed by atoms with van der Waals surface area (Å²) in [6, 6.07) is 51.0. The molecule has 5 heteroatoms. The molecule has 0 saturated heterocycles. The van der Waals surface area contributed by atoms with E-state index in [4.69, 9.17) is 9.97 Å². The number of para-hydroxylation sites is 1. The van der Waals surface area contributed by atoms with Gasteiger partial charge in [-0.2, -0.15) is 0 Å². The van der Waals surface area contributed by atoms with Gasteiger partial charge in [0.1, 0.15) is 11.6 Å². The van der Waals surface area contributed by atoms with Gasteiger partial charge in [-0.3, -0.25) is 9.55 Å². The minimum atomic E-state index is -0.149. The van der Waals surface area contributed by atoms with Crippen molar-refractivity contribution < 1.29 is 26.2 Å². The summed E-state index contributed by atoms with van der Waals surface area (Å²) < 4.78 is 2.26. The topological polar surface area (TPSA) is 50.9 Å². The Morgan fingerprint density at radius 2 is 1.13 bits per heavy atom. The van der Waals surface area contributed by atoms with Crippen LogP contribution in [0, 0.1) is 13.0 Å². The van der Waals surface area contributed by atoms with Crippen LogP contribution in [0.2, 0.25) is 0 Å². The molecule has 1 N–H and O–H groups in total. The van der Waals surface area contributed by atoms with E-state index in [0.717, 1.165) is 72.5 Å². The molecule has 4 nitrogen and oxygen atoms in total. The summed E-state index contributed by atoms with van der Waals surface area (Å²) in [5.41, 5.74) is 15.6. The van der Waals surface area contributed by atoms with Crippen molar-refractivity contribution in [3.05, 3.63) is 168 Å². The second-order valence-electron chi connectivity index (χ2n) is 19.0. The first-order valence-electron chi connectivity index (χ1n) is 20.6. The number of hydrogen-bond donors (Lipinski definition) is 1. The zero-order valence-corrected chi connectivity index (χ0v) is 38.7. The van der Waals surface area contributed by atoms with Crippen LogP contribution in [0.15, 0.2) is 140 Å². The molecule has 306 valence electrons. The standard InChI is InChI=1S/C55H54N3O.Pt/c1-35-28-42(54(5,6)7)34-46(51(35)59)52-57-50-44(22-17-23-49(50)58(52)48-25-24-41(53(2,3)4)33-45(48)37-20-15-12-16-21-37)39-29-40(31-43(30-39)55(8,9)10)47-32-38(26-27-56-47)36-18-13-11-14-19-36;/h11-28,30-34,59H,1-10H3;/q-1;. The van der Waals surface area contributed by atoms with E-state index >= 15 is 0 Å². The van der Waals surface area contributed by atoms with E-state index in [9.17, 15) is 5.11 Å². The van der Waals surface area contributed by atoms with E-state index in [2.05, 4.69) is 200 Å². The summed E-state index contributed by atoms with van der Waals surface area (Å²) in [6.07, 6.45) is 1.89. The molecule has 0 fully saturated rings. The van der Waals surface area contributed by atoms with Gasteiger partial charge in [0.05, 0.1) is 22.3 Å². The van der Waals surface area contributed by atoms with Crippen molar-refractivity contribution in [1.82, 2.24) is 14.5 Å². The van der Waals surface area contributed by atoms with E-state index in [1.807, 2.05) is 19.2 Å². The number of aromatic nitrogens is 3. The predicted octanol–water partition coefficient (Wildman–Crippen LogP) is 14.5. The van der Waals surface area contributed by atoms with E-state index in [1.54, 1.807) is 0 Å². The molecule has 60 heavy (non-hydrogen) atoms. The van der Waals surface area contributed by atoms with E-state index in [-0.39, 0.29) is 43.1 Å². The number of pyridine rings is 1. The second kappa shape index (κ2) is 16.1. The third-order valence-electron chi connectivity index (χ3n) is 11.4. The molecule has 0 spiro atoms. The van der Waals surface area contributed by atoms with Crippen LogP contribution in [0.3, 0.4) is 0 Å². The molecule has 0 aliphatic carbocycles. The number of nitrogens with zero attached hydrogens (tertiary/aromatic N) is 3. The summed E-state index contributed by atoms with van der Waals surface area (Å²) in [6.45, 7) is 22.1. The number of imidazole rings is 1. The van der Waals surface area contributed by atoms with E-state index in [0.29, 0.717) is 11.4 Å². The first-order chi connectivity index (χ1) is 28.0. The number of hydrogen-bond acceptors (Lipinski definition) is 3. The predicted molar refractivity (Wildman–Crippen MR) is 247 cm³/mol. The van der Waals surface area contributed by atoms with Crippen molar-refractivity contribution in [2.24, 2.45) is 0 Å². The molecule has 0 unspecified atom stereocenters. The third-order valence-corrected chi connectivity index (χ3v) is 11.4. The normalized spacial score (nSPS) is 12.1. The maximum absolute atomic E-state index is 12.0. The third kappa shape index (κ3) is 8.28. The zero-order chi connectivity index (χ0) is 41.9. The Bertz CT molecular complexity index is 2830. The number of rotatable bonds is 6. The largest absolute Gasteiger partial charge is 0.507 e. The van der Waals surface area contributed by atoms with Crippen LogP contribution < -0.4 is 0 Å². The summed E-state index contributed by atoms with van der Waals surface area (Å²) >= 11 is 0. The van der Waals surface area contributed by atoms with Crippen LogP contribution in [0.4, 0.5) is 0 Å². The van der Waals surface area contributed by atoms with Gasteiger partial charge in [-0.25, -0.2) is 4.98 Å². The molecule has 8 rings (SSSR count). The molecule has 0 saturated carbocycles. The van der Waals surface area contributed by atoms with E-state index in [1.165, 1.54) is 11.1 Å². The molecule has 0 bridgehead atoms. The van der Waals surface area contributed by atoms with Crippen LogP contribution >= 0.6 is 0 Å². The quantitative estimate of drug-likeness (QED) is 0.169. The molecular weight excluding hydrogens is 914 g/mol. The Morgan fingerprint density at radius 1 is 0.533 bits per heavy atom. The SMILES string of the molecule is Cc1cc(C(C)(C)C)cc(-c2nc3c(-c4[c-]c(-c5cc(-c6ccccc6)ccn5)cc(C(C)(C)C)c4)cccc3n2-c2ccc(C(C)(C)C)cc2-c2ccccc2)c1O.[Pt]. The van der Waals surface area contributed by atoms with Gasteiger partial charge in [-0.15, -0.1) is 29.3 Å². The summed E-state index contributed by atoms with van der Waals surface area (Å²) in [4.78, 5) is 10.5. The van der Waals surface area contributed by atoms with Crippen LogP contribution in [0.5, 0.6) is 5.75 Å². The molecule has 8 aromatic rings. The van der Waals surface area contributed by atoms with Gasteiger partial charge < -0.3 is 5.11 Å². The van der Waals surface area contributed by atoms with Crippen LogP contribution in [0.1, 0.15) is 84.6 Å². The van der Waals surface area contributed by atoms with Gasteiger partial charge in [-0.1, -0.05) is 164 Å². The molecule has 0 aliphatic heterocycles. The summed E-state index contributed by atoms with van der Waals surface area (Å²) in [7, 11) is 0. The Balaban J connectivity index is 0.00000544. The van der Waals surface area contributed by atoms with Crippen LogP contribution in [-0.2, 0) is 37.3 Å². The van der Waals surface area contributed by atoms with Gasteiger partial charge >= 0.3 is 0 Å². The molecule has 2 heterocycles. The van der Waals surface area contributed by atoms with E-state index < -0.39 is 0 Å². The average Bonchev–Trinajstić information content (AvgIpc) is 3.60. The van der Waals surface area contributed by atoms with Crippen LogP contribution in [-0.4, -0.2) is 19.6 Å². The maximum atomic E-state index is 12.0. The van der Waals surface area contributed by atoms with Crippen molar-refractivity contribution in [1.29, 1.82) is 0 Å². The Morgan fingerprint density at radius 3 is 1.78 bits per heavy atom. The summed E-state index contributed by atoms with van der Waals surface area (Å²) in [5, 5.41) is 12.0. The first kappa shape index (κ1) is 42.5. The number of fused-ring (bicyclic) bond motifs is 1. The second-order valence-corrected chi connectivity index (χ2v) is 19.0. The van der Waals surface area contributed by atoms with Crippen molar-refractivity contribution in [2.45, 2.75) is 85.5 Å². The molecule has 2 aromatic heterocycles. The fourth-order valence-electron chi connectivity index (χ4n) is 7.84. The number of phenolic OH excluding ortho intramolecular Hbond substituents is 1. The van der Waals surface area contributed by atoms with Gasteiger partial charge in [0.15, 0.2) is 0 Å². The molecular formula is C55H54N3OPt-. The first-order valence-corrected chi connectivity index (χ1v) is 20.6. The number of benzene rings is 6. The Labute approximate surface area is 370 Å². The fraction of sp³-hybridized carbons (Fsp3) is 0.236. The van der Waals surface area contributed by atoms with Gasteiger partial charge in [0.2, 0.25) is 0 Å². The fourth-order valence-corrected chi connectivity index (χ4v) is 7.84. The van der Waals surface area contributed by atoms with Crippen LogP contribution in [0.25, 0.3) is 72.7 Å². The minimum absolute atomic E-state index is 0. The smallest absolute Gasteiger partial charge is 0.148 e. The van der Waals surface area contributed by atoms with Crippen molar-refractivity contribution in [3.63, 3.8) is 0 Å². The number of aryl methyl sites for hydroxylation is 1. The monoisotopic (exact) mass is 967 g/mol. The summed E-state index contributed by atoms with van der Waals surface area (Å²) in [5.74, 6) is 0.917. The van der Waals surface area contributed by atoms with Gasteiger partial charge in [-0.05, 0) is 86.9 Å². The number of phenols is 1. The Hall–Kier alpha value is -5.57. The molecule has 0 atom stereocenters. The molecule has 0 amide bonds. The molecule has 0 radical (unpaired) electrons.